The van der Waals surface area contributed by atoms with E-state index < -0.39 is 0 Å². The molecule has 1 aromatic heterocycles. The van der Waals surface area contributed by atoms with E-state index in [4.69, 9.17) is 18.0 Å². The molecule has 0 amide bonds. The highest BCUT2D eigenvalue weighted by Crippen LogP contribution is 2.29. The number of nitrogens with two attached hydrogens (primary N) is 1. The largest absolute Gasteiger partial charge is 0.388 e. The third-order valence-electron chi connectivity index (χ3n) is 3.62. The molecule has 3 N–H and O–H groups in total. The highest BCUT2D eigenvalue weighted by Gasteiger charge is 2.24. The van der Waals surface area contributed by atoms with Crippen molar-refractivity contribution in [3.05, 3.63) is 17.5 Å². The molecule has 1 aliphatic rings. The lowest BCUT2D eigenvalue weighted by Gasteiger charge is -2.32. The monoisotopic (exact) mass is 278 g/mol. The Bertz CT molecular complexity index is 465. The van der Waals surface area contributed by atoms with E-state index in [1.54, 1.807) is 0 Å². The summed E-state index contributed by atoms with van der Waals surface area (Å²) >= 11 is 4.98. The zero-order valence-corrected chi connectivity index (χ0v) is 12.6. The summed E-state index contributed by atoms with van der Waals surface area (Å²) in [6.07, 6.45) is 3.65. The van der Waals surface area contributed by atoms with Crippen LogP contribution in [0.15, 0.2) is 6.07 Å². The normalized spacial score (nSPS) is 27.0. The van der Waals surface area contributed by atoms with Crippen molar-refractivity contribution < 1.29 is 0 Å². The summed E-state index contributed by atoms with van der Waals surface area (Å²) in [5.41, 5.74) is 7.17. The Balaban J connectivity index is 2.12. The Hall–Kier alpha value is -1.23. The van der Waals surface area contributed by atoms with E-state index in [-0.39, 0.29) is 0 Å². The summed E-state index contributed by atoms with van der Waals surface area (Å²) in [5.74, 6) is 2.15. The molecular weight excluding hydrogens is 256 g/mol. The number of hydrogen-bond donors (Lipinski definition) is 2. The maximum Gasteiger partial charge on any atom is 0.223 e. The van der Waals surface area contributed by atoms with Crippen LogP contribution in [0.5, 0.6) is 0 Å². The van der Waals surface area contributed by atoms with Crippen LogP contribution in [0.4, 0.5) is 5.95 Å². The second-order valence-electron chi connectivity index (χ2n) is 5.84. The quantitative estimate of drug-likeness (QED) is 0.832. The molecule has 1 aliphatic carbocycles. The molecule has 1 saturated carbocycles. The SMILES string of the molecule is Cc1cc(C(N)=S)nc(NC2CC(C)CC(C)C2)n1. The maximum absolute atomic E-state index is 5.64. The van der Waals surface area contributed by atoms with E-state index in [0.29, 0.717) is 22.7 Å². The molecule has 2 unspecified atom stereocenters. The Morgan fingerprint density at radius 3 is 2.47 bits per heavy atom. The van der Waals surface area contributed by atoms with Crippen LogP contribution in [-0.4, -0.2) is 21.0 Å². The minimum Gasteiger partial charge on any atom is -0.388 e. The fraction of sp³-hybridized carbons (Fsp3) is 0.643. The van der Waals surface area contributed by atoms with Gasteiger partial charge >= 0.3 is 0 Å². The third kappa shape index (κ3) is 3.86. The van der Waals surface area contributed by atoms with E-state index in [1.807, 2.05) is 13.0 Å². The maximum atomic E-state index is 5.64. The van der Waals surface area contributed by atoms with Gasteiger partial charge in [-0.2, -0.15) is 0 Å². The molecule has 1 heterocycles. The van der Waals surface area contributed by atoms with Crippen LogP contribution < -0.4 is 11.1 Å². The van der Waals surface area contributed by atoms with Crippen molar-refractivity contribution in [3.63, 3.8) is 0 Å². The molecule has 104 valence electrons. The number of nitrogens with zero attached hydrogens (tertiary/aromatic N) is 2. The number of rotatable bonds is 3. The molecule has 2 atom stereocenters. The van der Waals surface area contributed by atoms with Gasteiger partial charge in [0, 0.05) is 11.7 Å². The standard InChI is InChI=1S/C14H22N4S/c1-8-4-9(2)6-11(5-8)17-14-16-10(3)7-12(18-14)13(15)19/h7-9,11H,4-6H2,1-3H3,(H2,15,19)(H,16,17,18). The van der Waals surface area contributed by atoms with Crippen LogP contribution in [0.25, 0.3) is 0 Å². The molecule has 0 saturated heterocycles. The first-order chi connectivity index (χ1) is 8.94. The zero-order chi connectivity index (χ0) is 14.0. The molecule has 1 aromatic rings. The van der Waals surface area contributed by atoms with Crippen LogP contribution >= 0.6 is 12.2 Å². The van der Waals surface area contributed by atoms with Gasteiger partial charge in [0.1, 0.15) is 10.7 Å². The van der Waals surface area contributed by atoms with Crippen LogP contribution in [-0.2, 0) is 0 Å². The molecule has 0 aromatic carbocycles. The van der Waals surface area contributed by atoms with Gasteiger partial charge in [0.05, 0.1) is 0 Å². The molecule has 4 nitrogen and oxygen atoms in total. The zero-order valence-electron chi connectivity index (χ0n) is 11.8. The molecule has 2 rings (SSSR count). The minimum absolute atomic E-state index is 0.318. The summed E-state index contributed by atoms with van der Waals surface area (Å²) in [4.78, 5) is 9.13. The van der Waals surface area contributed by atoms with Gasteiger partial charge in [0.15, 0.2) is 0 Å². The molecule has 0 spiro atoms. The van der Waals surface area contributed by atoms with Gasteiger partial charge in [-0.25, -0.2) is 9.97 Å². The lowest BCUT2D eigenvalue weighted by atomic mass is 9.80. The van der Waals surface area contributed by atoms with Crippen LogP contribution in [0.3, 0.4) is 0 Å². The Labute approximate surface area is 120 Å². The number of hydrogen-bond acceptors (Lipinski definition) is 4. The number of aromatic nitrogens is 2. The van der Waals surface area contributed by atoms with Crippen molar-refractivity contribution in [1.82, 2.24) is 9.97 Å². The molecule has 5 heteroatoms. The summed E-state index contributed by atoms with van der Waals surface area (Å²) in [6.45, 7) is 6.55. The van der Waals surface area contributed by atoms with E-state index >= 15 is 0 Å². The molecular formula is C14H22N4S. The first kappa shape index (κ1) is 14.2. The van der Waals surface area contributed by atoms with Crippen molar-refractivity contribution >= 4 is 23.2 Å². The second kappa shape index (κ2) is 5.82. The fourth-order valence-electron chi connectivity index (χ4n) is 3.01. The highest BCUT2D eigenvalue weighted by atomic mass is 32.1. The Morgan fingerprint density at radius 1 is 1.26 bits per heavy atom. The number of thiocarbonyl (C=S) groups is 1. The van der Waals surface area contributed by atoms with E-state index in [0.717, 1.165) is 17.5 Å². The first-order valence-corrected chi connectivity index (χ1v) is 7.27. The van der Waals surface area contributed by atoms with E-state index in [1.165, 1.54) is 19.3 Å². The van der Waals surface area contributed by atoms with Crippen molar-refractivity contribution in [3.8, 4) is 0 Å². The lowest BCUT2D eigenvalue weighted by molar-refractivity contribution is 0.280. The summed E-state index contributed by atoms with van der Waals surface area (Å²) in [6, 6.07) is 2.26. The number of aryl methyl sites for hydroxylation is 1. The predicted octanol–water partition coefficient (Wildman–Crippen LogP) is 2.66. The summed E-state index contributed by atoms with van der Waals surface area (Å²) in [7, 11) is 0. The lowest BCUT2D eigenvalue weighted by Crippen LogP contribution is -2.31. The predicted molar refractivity (Wildman–Crippen MR) is 82.2 cm³/mol. The molecule has 0 radical (unpaired) electrons. The van der Waals surface area contributed by atoms with Gasteiger partial charge < -0.3 is 11.1 Å². The fourth-order valence-corrected chi connectivity index (χ4v) is 3.11. The van der Waals surface area contributed by atoms with Crippen LogP contribution in [0, 0.1) is 18.8 Å². The van der Waals surface area contributed by atoms with Gasteiger partial charge in [0.2, 0.25) is 5.95 Å². The molecule has 0 aliphatic heterocycles. The Kier molecular flexibility index (Phi) is 4.34. The van der Waals surface area contributed by atoms with Crippen molar-refractivity contribution in [2.24, 2.45) is 17.6 Å². The van der Waals surface area contributed by atoms with Gasteiger partial charge in [-0.05, 0) is 44.1 Å². The van der Waals surface area contributed by atoms with E-state index in [9.17, 15) is 0 Å². The topological polar surface area (TPSA) is 63.8 Å². The van der Waals surface area contributed by atoms with E-state index in [2.05, 4.69) is 29.1 Å². The van der Waals surface area contributed by atoms with Crippen molar-refractivity contribution in [2.45, 2.75) is 46.1 Å². The van der Waals surface area contributed by atoms with Gasteiger partial charge in [-0.1, -0.05) is 26.1 Å². The molecule has 19 heavy (non-hydrogen) atoms. The average Bonchev–Trinajstić information content (AvgIpc) is 2.26. The van der Waals surface area contributed by atoms with Crippen LogP contribution in [0.2, 0.25) is 0 Å². The minimum atomic E-state index is 0.318. The second-order valence-corrected chi connectivity index (χ2v) is 6.28. The summed E-state index contributed by atoms with van der Waals surface area (Å²) in [5, 5.41) is 3.44. The summed E-state index contributed by atoms with van der Waals surface area (Å²) < 4.78 is 0. The van der Waals surface area contributed by atoms with Crippen molar-refractivity contribution in [1.29, 1.82) is 0 Å². The number of anilines is 1. The smallest absolute Gasteiger partial charge is 0.223 e. The first-order valence-electron chi connectivity index (χ1n) is 6.86. The average molecular weight is 278 g/mol. The third-order valence-corrected chi connectivity index (χ3v) is 3.83. The molecule has 1 fully saturated rings. The molecule has 0 bridgehead atoms. The van der Waals surface area contributed by atoms with Gasteiger partial charge in [0.25, 0.3) is 0 Å². The highest BCUT2D eigenvalue weighted by molar-refractivity contribution is 7.80. The Morgan fingerprint density at radius 2 is 1.89 bits per heavy atom. The van der Waals surface area contributed by atoms with Crippen LogP contribution in [0.1, 0.15) is 44.5 Å². The number of nitrogens with one attached hydrogen (secondary N) is 1. The van der Waals surface area contributed by atoms with Crippen molar-refractivity contribution in [2.75, 3.05) is 5.32 Å². The van der Waals surface area contributed by atoms with Gasteiger partial charge in [-0.15, -0.1) is 0 Å². The van der Waals surface area contributed by atoms with Gasteiger partial charge in [-0.3, -0.25) is 0 Å².